The fourth-order valence-electron chi connectivity index (χ4n) is 3.11. The van der Waals surface area contributed by atoms with Crippen LogP contribution >= 0.6 is 11.6 Å². The number of aromatic nitrogens is 1. The summed E-state index contributed by atoms with van der Waals surface area (Å²) in [6.07, 6.45) is 1.50. The standard InChI is InChI=1S/C19H24ClN5O2/c1-5-13-14(10-21)16(20)24-17(15(13)11-22)25-8-6-12(7-9-25)23-18(26)27-19(2,3)4/h12H,5-9H2,1-4H3,(H,23,26). The SMILES string of the molecule is CCc1c(C#N)c(Cl)nc(N2CCC(NC(=O)OC(C)(C)C)CC2)c1C#N. The molecule has 2 rings (SSSR count). The lowest BCUT2D eigenvalue weighted by atomic mass is 10.00. The van der Waals surface area contributed by atoms with Crippen molar-refractivity contribution < 1.29 is 9.53 Å². The fourth-order valence-corrected chi connectivity index (χ4v) is 3.35. The number of ether oxygens (including phenoxy) is 1. The smallest absolute Gasteiger partial charge is 0.407 e. The van der Waals surface area contributed by atoms with Gasteiger partial charge in [-0.15, -0.1) is 0 Å². The summed E-state index contributed by atoms with van der Waals surface area (Å²) in [5.41, 5.74) is 0.758. The molecule has 0 spiro atoms. The van der Waals surface area contributed by atoms with Gasteiger partial charge < -0.3 is 15.0 Å². The highest BCUT2D eigenvalue weighted by molar-refractivity contribution is 6.30. The van der Waals surface area contributed by atoms with Gasteiger partial charge in [-0.2, -0.15) is 10.5 Å². The minimum absolute atomic E-state index is 0.00105. The summed E-state index contributed by atoms with van der Waals surface area (Å²) >= 11 is 6.18. The lowest BCUT2D eigenvalue weighted by molar-refractivity contribution is 0.0497. The molecule has 7 nitrogen and oxygen atoms in total. The van der Waals surface area contributed by atoms with Crippen LogP contribution in [0, 0.1) is 22.7 Å². The Bertz CT molecular complexity index is 796. The van der Waals surface area contributed by atoms with E-state index in [4.69, 9.17) is 16.3 Å². The van der Waals surface area contributed by atoms with E-state index >= 15 is 0 Å². The quantitative estimate of drug-likeness (QED) is 0.793. The monoisotopic (exact) mass is 389 g/mol. The Kier molecular flexibility index (Phi) is 6.51. The molecule has 2 heterocycles. The predicted octanol–water partition coefficient (Wildman–Crippen LogP) is 3.53. The third kappa shape index (κ3) is 5.02. The molecule has 1 aromatic rings. The Morgan fingerprint density at radius 1 is 1.30 bits per heavy atom. The third-order valence-corrected chi connectivity index (χ3v) is 4.60. The number of alkyl carbamates (subject to hydrolysis) is 1. The molecule has 0 saturated carbocycles. The zero-order valence-corrected chi connectivity index (χ0v) is 16.9. The Balaban J connectivity index is 2.13. The van der Waals surface area contributed by atoms with Crippen LogP contribution in [0.5, 0.6) is 0 Å². The van der Waals surface area contributed by atoms with Crippen molar-refractivity contribution in [2.45, 2.75) is 58.6 Å². The highest BCUT2D eigenvalue weighted by Gasteiger charge is 2.27. The van der Waals surface area contributed by atoms with Crippen molar-refractivity contribution in [3.8, 4) is 12.1 Å². The first kappa shape index (κ1) is 20.8. The average Bonchev–Trinajstić information content (AvgIpc) is 2.59. The Morgan fingerprint density at radius 2 is 1.89 bits per heavy atom. The molecule has 144 valence electrons. The minimum Gasteiger partial charge on any atom is -0.444 e. The van der Waals surface area contributed by atoms with Crippen molar-refractivity contribution in [1.29, 1.82) is 10.5 Å². The van der Waals surface area contributed by atoms with Crippen LogP contribution in [0.2, 0.25) is 5.15 Å². The second-order valence-electron chi connectivity index (χ2n) is 7.44. The van der Waals surface area contributed by atoms with Crippen molar-refractivity contribution in [1.82, 2.24) is 10.3 Å². The van der Waals surface area contributed by atoms with Crippen LogP contribution in [0.3, 0.4) is 0 Å². The number of anilines is 1. The van der Waals surface area contributed by atoms with E-state index in [-0.39, 0.29) is 16.8 Å². The summed E-state index contributed by atoms with van der Waals surface area (Å²) in [5.74, 6) is 0.508. The maximum Gasteiger partial charge on any atom is 0.407 e. The first-order valence-corrected chi connectivity index (χ1v) is 9.35. The van der Waals surface area contributed by atoms with E-state index in [9.17, 15) is 15.3 Å². The van der Waals surface area contributed by atoms with E-state index < -0.39 is 11.7 Å². The molecule has 1 aliphatic rings. The Labute approximate surface area is 164 Å². The molecule has 1 fully saturated rings. The fraction of sp³-hybridized carbons (Fsp3) is 0.579. The number of hydrogen-bond acceptors (Lipinski definition) is 6. The first-order valence-electron chi connectivity index (χ1n) is 8.97. The molecule has 1 aliphatic heterocycles. The predicted molar refractivity (Wildman–Crippen MR) is 103 cm³/mol. The number of nitrogens with zero attached hydrogens (tertiary/aromatic N) is 4. The molecule has 1 N–H and O–H groups in total. The van der Waals surface area contributed by atoms with Crippen molar-refractivity contribution in [2.24, 2.45) is 0 Å². The number of carbonyl (C=O) groups excluding carboxylic acids is 1. The second kappa shape index (κ2) is 8.45. The molecule has 0 radical (unpaired) electrons. The molecular weight excluding hydrogens is 366 g/mol. The Hall–Kier alpha value is -2.51. The number of nitrogens with one attached hydrogen (secondary N) is 1. The van der Waals surface area contributed by atoms with Crippen LogP contribution in [0.25, 0.3) is 0 Å². The number of carbonyl (C=O) groups is 1. The van der Waals surface area contributed by atoms with Crippen LogP contribution in [-0.4, -0.2) is 35.8 Å². The number of amides is 1. The van der Waals surface area contributed by atoms with E-state index in [1.165, 1.54) is 0 Å². The number of pyridine rings is 1. The zero-order chi connectivity index (χ0) is 20.2. The maximum absolute atomic E-state index is 11.9. The summed E-state index contributed by atoms with van der Waals surface area (Å²) in [7, 11) is 0. The number of rotatable bonds is 3. The van der Waals surface area contributed by atoms with Crippen molar-refractivity contribution >= 4 is 23.5 Å². The molecule has 0 unspecified atom stereocenters. The molecule has 0 aromatic carbocycles. The van der Waals surface area contributed by atoms with Crippen molar-refractivity contribution in [3.05, 3.63) is 21.8 Å². The number of hydrogen-bond donors (Lipinski definition) is 1. The van der Waals surface area contributed by atoms with Gasteiger partial charge in [-0.3, -0.25) is 0 Å². The van der Waals surface area contributed by atoms with Gasteiger partial charge in [0.25, 0.3) is 0 Å². The van der Waals surface area contributed by atoms with Crippen molar-refractivity contribution in [3.63, 3.8) is 0 Å². The van der Waals surface area contributed by atoms with Gasteiger partial charge in [0.05, 0.1) is 11.1 Å². The summed E-state index contributed by atoms with van der Waals surface area (Å²) in [6.45, 7) is 8.59. The van der Waals surface area contributed by atoms with E-state index in [0.717, 1.165) is 0 Å². The highest BCUT2D eigenvalue weighted by Crippen LogP contribution is 2.30. The van der Waals surface area contributed by atoms with Gasteiger partial charge in [0.1, 0.15) is 28.7 Å². The van der Waals surface area contributed by atoms with E-state index in [0.29, 0.717) is 49.3 Å². The lowest BCUT2D eigenvalue weighted by Crippen LogP contribution is -2.46. The number of halogens is 1. The molecule has 0 atom stereocenters. The lowest BCUT2D eigenvalue weighted by Gasteiger charge is -2.34. The highest BCUT2D eigenvalue weighted by atomic mass is 35.5. The van der Waals surface area contributed by atoms with E-state index in [1.807, 2.05) is 38.7 Å². The van der Waals surface area contributed by atoms with Crippen LogP contribution in [0.1, 0.15) is 57.2 Å². The molecule has 0 bridgehead atoms. The maximum atomic E-state index is 11.9. The van der Waals surface area contributed by atoms with Gasteiger partial charge in [-0.25, -0.2) is 9.78 Å². The topological polar surface area (TPSA) is 102 Å². The second-order valence-corrected chi connectivity index (χ2v) is 7.80. The van der Waals surface area contributed by atoms with E-state index in [1.54, 1.807) is 0 Å². The number of nitriles is 2. The molecule has 1 aromatic heterocycles. The Morgan fingerprint density at radius 3 is 2.37 bits per heavy atom. The van der Waals surface area contributed by atoms with Crippen LogP contribution in [-0.2, 0) is 11.2 Å². The minimum atomic E-state index is -0.536. The average molecular weight is 390 g/mol. The summed E-state index contributed by atoms with van der Waals surface area (Å²) < 4.78 is 5.29. The summed E-state index contributed by atoms with van der Waals surface area (Å²) in [6, 6.07) is 4.22. The van der Waals surface area contributed by atoms with Crippen molar-refractivity contribution in [2.75, 3.05) is 18.0 Å². The third-order valence-electron chi connectivity index (χ3n) is 4.33. The van der Waals surface area contributed by atoms with Gasteiger partial charge in [0.15, 0.2) is 0 Å². The van der Waals surface area contributed by atoms with Crippen LogP contribution < -0.4 is 10.2 Å². The molecule has 1 amide bonds. The van der Waals surface area contributed by atoms with Crippen LogP contribution in [0.4, 0.5) is 10.6 Å². The van der Waals surface area contributed by atoms with Gasteiger partial charge >= 0.3 is 6.09 Å². The first-order chi connectivity index (χ1) is 12.7. The normalized spacial score (nSPS) is 15.0. The zero-order valence-electron chi connectivity index (χ0n) is 16.1. The summed E-state index contributed by atoms with van der Waals surface area (Å²) in [5, 5.41) is 21.9. The molecule has 27 heavy (non-hydrogen) atoms. The molecule has 8 heteroatoms. The van der Waals surface area contributed by atoms with Crippen LogP contribution in [0.15, 0.2) is 0 Å². The van der Waals surface area contributed by atoms with Gasteiger partial charge in [-0.05, 0) is 45.6 Å². The molecular formula is C19H24ClN5O2. The van der Waals surface area contributed by atoms with Gasteiger partial charge in [0, 0.05) is 19.1 Å². The molecule has 1 saturated heterocycles. The molecule has 0 aliphatic carbocycles. The van der Waals surface area contributed by atoms with E-state index in [2.05, 4.69) is 16.4 Å². The number of piperidine rings is 1. The largest absolute Gasteiger partial charge is 0.444 e. The van der Waals surface area contributed by atoms with Gasteiger partial charge in [-0.1, -0.05) is 18.5 Å². The summed E-state index contributed by atoms with van der Waals surface area (Å²) in [4.78, 5) is 18.2. The van der Waals surface area contributed by atoms with Gasteiger partial charge in [0.2, 0.25) is 0 Å².